The standard InChI is InChI=1S/C12H15IN2O/c1-7(2)9-6-14-10-4-3-8(13)5-11(10)15-12(9)16/h3-5,7,9,14H,6H2,1-2H3,(H,15,16). The summed E-state index contributed by atoms with van der Waals surface area (Å²) in [4.78, 5) is 12.0. The number of amides is 1. The largest absolute Gasteiger partial charge is 0.383 e. The number of halogens is 1. The third-order valence-electron chi connectivity index (χ3n) is 2.89. The fourth-order valence-corrected chi connectivity index (χ4v) is 2.34. The van der Waals surface area contributed by atoms with Gasteiger partial charge in [-0.15, -0.1) is 0 Å². The number of hydrogen-bond donors (Lipinski definition) is 2. The molecule has 0 saturated heterocycles. The van der Waals surface area contributed by atoms with Gasteiger partial charge in [-0.3, -0.25) is 4.79 Å². The SMILES string of the molecule is CC(C)C1CNc2ccc(I)cc2NC1=O. The van der Waals surface area contributed by atoms with Crippen LogP contribution in [0, 0.1) is 15.4 Å². The Hall–Kier alpha value is -0.780. The molecule has 1 aromatic carbocycles. The number of fused-ring (bicyclic) bond motifs is 1. The third kappa shape index (κ3) is 2.31. The number of anilines is 2. The van der Waals surface area contributed by atoms with Crippen LogP contribution in [-0.2, 0) is 4.79 Å². The minimum Gasteiger partial charge on any atom is -0.383 e. The number of carbonyl (C=O) groups is 1. The van der Waals surface area contributed by atoms with E-state index >= 15 is 0 Å². The van der Waals surface area contributed by atoms with E-state index in [0.717, 1.165) is 14.9 Å². The molecule has 86 valence electrons. The van der Waals surface area contributed by atoms with Gasteiger partial charge in [0, 0.05) is 10.1 Å². The first-order chi connectivity index (χ1) is 7.58. The van der Waals surface area contributed by atoms with Crippen LogP contribution in [0.5, 0.6) is 0 Å². The van der Waals surface area contributed by atoms with E-state index in [1.54, 1.807) is 0 Å². The average molecular weight is 330 g/mol. The molecule has 1 aliphatic rings. The molecule has 3 nitrogen and oxygen atoms in total. The van der Waals surface area contributed by atoms with Crippen LogP contribution in [0.25, 0.3) is 0 Å². The normalized spacial score (nSPS) is 19.8. The smallest absolute Gasteiger partial charge is 0.229 e. The van der Waals surface area contributed by atoms with Crippen molar-refractivity contribution in [2.75, 3.05) is 17.2 Å². The van der Waals surface area contributed by atoms with Crippen molar-refractivity contribution in [2.45, 2.75) is 13.8 Å². The molecule has 1 atom stereocenters. The summed E-state index contributed by atoms with van der Waals surface area (Å²) in [6.45, 7) is 4.86. The summed E-state index contributed by atoms with van der Waals surface area (Å²) >= 11 is 2.25. The maximum absolute atomic E-state index is 12.0. The van der Waals surface area contributed by atoms with Crippen LogP contribution >= 0.6 is 22.6 Å². The van der Waals surface area contributed by atoms with Crippen LogP contribution in [0.3, 0.4) is 0 Å². The Bertz CT molecular complexity index is 417. The minimum absolute atomic E-state index is 0.0325. The van der Waals surface area contributed by atoms with E-state index in [4.69, 9.17) is 0 Å². The van der Waals surface area contributed by atoms with Gasteiger partial charge in [-0.2, -0.15) is 0 Å². The van der Waals surface area contributed by atoms with Gasteiger partial charge in [-0.1, -0.05) is 13.8 Å². The lowest BCUT2D eigenvalue weighted by Gasteiger charge is -2.16. The molecule has 4 heteroatoms. The van der Waals surface area contributed by atoms with Crippen molar-refractivity contribution in [1.82, 2.24) is 0 Å². The van der Waals surface area contributed by atoms with Crippen molar-refractivity contribution in [3.63, 3.8) is 0 Å². The molecule has 1 amide bonds. The van der Waals surface area contributed by atoms with E-state index in [1.807, 2.05) is 18.2 Å². The van der Waals surface area contributed by atoms with E-state index in [1.165, 1.54) is 0 Å². The first-order valence-electron chi connectivity index (χ1n) is 5.42. The van der Waals surface area contributed by atoms with E-state index in [-0.39, 0.29) is 11.8 Å². The number of nitrogens with one attached hydrogen (secondary N) is 2. The van der Waals surface area contributed by atoms with E-state index in [9.17, 15) is 4.79 Å². The van der Waals surface area contributed by atoms with Gasteiger partial charge in [-0.25, -0.2) is 0 Å². The monoisotopic (exact) mass is 330 g/mol. The van der Waals surface area contributed by atoms with Crippen molar-refractivity contribution >= 4 is 39.9 Å². The lowest BCUT2D eigenvalue weighted by molar-refractivity contribution is -0.120. The van der Waals surface area contributed by atoms with Gasteiger partial charge in [-0.05, 0) is 46.7 Å². The molecule has 1 aliphatic heterocycles. The summed E-state index contributed by atoms with van der Waals surface area (Å²) in [7, 11) is 0. The van der Waals surface area contributed by atoms with Crippen LogP contribution < -0.4 is 10.6 Å². The zero-order chi connectivity index (χ0) is 11.7. The highest BCUT2D eigenvalue weighted by atomic mass is 127. The Labute approximate surface area is 109 Å². The van der Waals surface area contributed by atoms with Crippen LogP contribution in [0.15, 0.2) is 18.2 Å². The van der Waals surface area contributed by atoms with Crippen molar-refractivity contribution < 1.29 is 4.79 Å². The van der Waals surface area contributed by atoms with Gasteiger partial charge in [0.25, 0.3) is 0 Å². The zero-order valence-corrected chi connectivity index (χ0v) is 11.5. The topological polar surface area (TPSA) is 41.1 Å². The maximum atomic E-state index is 12.0. The first-order valence-corrected chi connectivity index (χ1v) is 6.50. The van der Waals surface area contributed by atoms with Gasteiger partial charge in [0.05, 0.1) is 17.3 Å². The van der Waals surface area contributed by atoms with Crippen molar-refractivity contribution in [3.8, 4) is 0 Å². The molecule has 0 spiro atoms. The summed E-state index contributed by atoms with van der Waals surface area (Å²) in [5, 5.41) is 6.32. The fourth-order valence-electron chi connectivity index (χ4n) is 1.85. The predicted molar refractivity (Wildman–Crippen MR) is 74.6 cm³/mol. The molecule has 0 fully saturated rings. The van der Waals surface area contributed by atoms with Gasteiger partial charge in [0.15, 0.2) is 0 Å². The second kappa shape index (κ2) is 4.61. The second-order valence-corrected chi connectivity index (χ2v) is 5.66. The predicted octanol–water partition coefficient (Wildman–Crippen LogP) is 2.93. The minimum atomic E-state index is 0.0325. The molecule has 0 bridgehead atoms. The maximum Gasteiger partial charge on any atom is 0.229 e. The highest BCUT2D eigenvalue weighted by Crippen LogP contribution is 2.28. The molecular formula is C12H15IN2O. The Morgan fingerprint density at radius 2 is 2.12 bits per heavy atom. The lowest BCUT2D eigenvalue weighted by Crippen LogP contribution is -2.29. The molecular weight excluding hydrogens is 315 g/mol. The molecule has 1 unspecified atom stereocenters. The number of benzene rings is 1. The molecule has 2 N–H and O–H groups in total. The number of carbonyl (C=O) groups excluding carboxylic acids is 1. The Morgan fingerprint density at radius 3 is 2.81 bits per heavy atom. The Balaban J connectivity index is 2.30. The average Bonchev–Trinajstić information content (AvgIpc) is 2.35. The van der Waals surface area contributed by atoms with Crippen molar-refractivity contribution in [2.24, 2.45) is 11.8 Å². The third-order valence-corrected chi connectivity index (χ3v) is 3.56. The first kappa shape index (κ1) is 11.7. The highest BCUT2D eigenvalue weighted by Gasteiger charge is 2.25. The lowest BCUT2D eigenvalue weighted by atomic mass is 9.95. The molecule has 1 heterocycles. The number of hydrogen-bond acceptors (Lipinski definition) is 2. The fraction of sp³-hybridized carbons (Fsp3) is 0.417. The van der Waals surface area contributed by atoms with Crippen LogP contribution in [-0.4, -0.2) is 12.5 Å². The molecule has 0 radical (unpaired) electrons. The molecule has 1 aromatic rings. The van der Waals surface area contributed by atoms with E-state index < -0.39 is 0 Å². The molecule has 0 aromatic heterocycles. The van der Waals surface area contributed by atoms with Gasteiger partial charge in [0.2, 0.25) is 5.91 Å². The van der Waals surface area contributed by atoms with Crippen LogP contribution in [0.4, 0.5) is 11.4 Å². The van der Waals surface area contributed by atoms with E-state index in [2.05, 4.69) is 47.1 Å². The van der Waals surface area contributed by atoms with Crippen molar-refractivity contribution in [1.29, 1.82) is 0 Å². The van der Waals surface area contributed by atoms with Crippen LogP contribution in [0.2, 0.25) is 0 Å². The van der Waals surface area contributed by atoms with Gasteiger partial charge < -0.3 is 10.6 Å². The number of rotatable bonds is 1. The highest BCUT2D eigenvalue weighted by molar-refractivity contribution is 14.1. The van der Waals surface area contributed by atoms with Gasteiger partial charge in [0.1, 0.15) is 0 Å². The summed E-state index contributed by atoms with van der Waals surface area (Å²) < 4.78 is 1.13. The Morgan fingerprint density at radius 1 is 1.38 bits per heavy atom. The molecule has 2 rings (SSSR count). The molecule has 0 aliphatic carbocycles. The summed E-state index contributed by atoms with van der Waals surface area (Å²) in [5.41, 5.74) is 1.90. The molecule has 0 saturated carbocycles. The summed E-state index contributed by atoms with van der Waals surface area (Å²) in [5.74, 6) is 0.495. The zero-order valence-electron chi connectivity index (χ0n) is 9.38. The summed E-state index contributed by atoms with van der Waals surface area (Å²) in [6.07, 6.45) is 0. The Kier molecular flexibility index (Phi) is 3.37. The molecule has 16 heavy (non-hydrogen) atoms. The van der Waals surface area contributed by atoms with Crippen molar-refractivity contribution in [3.05, 3.63) is 21.8 Å². The summed E-state index contributed by atoms with van der Waals surface area (Å²) in [6, 6.07) is 6.04. The van der Waals surface area contributed by atoms with E-state index in [0.29, 0.717) is 12.5 Å². The van der Waals surface area contributed by atoms with Crippen LogP contribution in [0.1, 0.15) is 13.8 Å². The quantitative estimate of drug-likeness (QED) is 0.778. The van der Waals surface area contributed by atoms with Gasteiger partial charge >= 0.3 is 0 Å². The second-order valence-electron chi connectivity index (χ2n) is 4.41.